The van der Waals surface area contributed by atoms with Crippen LogP contribution in [0.5, 0.6) is 5.75 Å². The van der Waals surface area contributed by atoms with Crippen LogP contribution in [0.15, 0.2) is 12.5 Å². The molecule has 0 bridgehead atoms. The summed E-state index contributed by atoms with van der Waals surface area (Å²) in [6, 6.07) is 0. The van der Waals surface area contributed by atoms with Crippen LogP contribution in [-0.4, -0.2) is 15.1 Å². The summed E-state index contributed by atoms with van der Waals surface area (Å²) >= 11 is 0. The van der Waals surface area contributed by atoms with E-state index in [1.807, 2.05) is 6.92 Å². The lowest BCUT2D eigenvalue weighted by Crippen LogP contribution is -1.89. The van der Waals surface area contributed by atoms with Crippen molar-refractivity contribution in [1.82, 2.24) is 9.97 Å². The molecule has 0 aliphatic heterocycles. The van der Waals surface area contributed by atoms with Gasteiger partial charge in [-0.1, -0.05) is 13.3 Å². The van der Waals surface area contributed by atoms with Crippen molar-refractivity contribution >= 4 is 0 Å². The Bertz CT molecular complexity index is 213. The first kappa shape index (κ1) is 6.99. The molecule has 1 N–H and O–H groups in total. The van der Waals surface area contributed by atoms with E-state index in [9.17, 15) is 0 Å². The van der Waals surface area contributed by atoms with Crippen LogP contribution in [0, 0.1) is 0 Å². The van der Waals surface area contributed by atoms with E-state index in [0.717, 1.165) is 18.5 Å². The van der Waals surface area contributed by atoms with Gasteiger partial charge in [-0.2, -0.15) is 0 Å². The van der Waals surface area contributed by atoms with E-state index in [1.165, 1.54) is 12.5 Å². The molecule has 0 amide bonds. The molecule has 0 radical (unpaired) electrons. The third-order valence-electron chi connectivity index (χ3n) is 1.26. The zero-order valence-corrected chi connectivity index (χ0v) is 5.91. The third kappa shape index (κ3) is 1.43. The summed E-state index contributed by atoms with van der Waals surface area (Å²) in [5, 5.41) is 9.12. The number of hydrogen-bond acceptors (Lipinski definition) is 3. The van der Waals surface area contributed by atoms with Crippen LogP contribution in [0.3, 0.4) is 0 Å². The number of aryl methyl sites for hydroxylation is 1. The fourth-order valence-electron chi connectivity index (χ4n) is 0.777. The maximum Gasteiger partial charge on any atom is 0.155 e. The molecule has 1 aromatic rings. The molecule has 1 rings (SSSR count). The molecule has 3 heteroatoms. The van der Waals surface area contributed by atoms with Gasteiger partial charge >= 0.3 is 0 Å². The summed E-state index contributed by atoms with van der Waals surface area (Å²) in [4.78, 5) is 7.57. The molecular formula is C7H10N2O. The number of nitrogens with zero attached hydrogens (tertiary/aromatic N) is 2. The van der Waals surface area contributed by atoms with Crippen molar-refractivity contribution < 1.29 is 5.11 Å². The quantitative estimate of drug-likeness (QED) is 0.666. The summed E-state index contributed by atoms with van der Waals surface area (Å²) in [6.45, 7) is 2.04. The van der Waals surface area contributed by atoms with Crippen LogP contribution in [0.2, 0.25) is 0 Å². The molecular weight excluding hydrogens is 128 g/mol. The van der Waals surface area contributed by atoms with Crippen molar-refractivity contribution in [3.8, 4) is 5.75 Å². The minimum Gasteiger partial charge on any atom is -0.504 e. The van der Waals surface area contributed by atoms with E-state index in [-0.39, 0.29) is 5.75 Å². The number of aromatic hydroxyl groups is 1. The molecule has 0 spiro atoms. The van der Waals surface area contributed by atoms with Crippen LogP contribution in [0.4, 0.5) is 0 Å². The van der Waals surface area contributed by atoms with Crippen LogP contribution in [0.25, 0.3) is 0 Å². The number of rotatable bonds is 2. The molecule has 0 saturated carbocycles. The zero-order valence-electron chi connectivity index (χ0n) is 5.91. The van der Waals surface area contributed by atoms with Crippen LogP contribution in [-0.2, 0) is 6.42 Å². The summed E-state index contributed by atoms with van der Waals surface area (Å²) in [5.74, 6) is 0.198. The fourth-order valence-corrected chi connectivity index (χ4v) is 0.777. The highest BCUT2D eigenvalue weighted by Gasteiger charge is 1.98. The van der Waals surface area contributed by atoms with E-state index in [4.69, 9.17) is 5.11 Å². The SMILES string of the molecule is CCCc1ncncc1O. The summed E-state index contributed by atoms with van der Waals surface area (Å²) in [5.41, 5.74) is 0.734. The first-order valence-corrected chi connectivity index (χ1v) is 3.32. The van der Waals surface area contributed by atoms with Crippen LogP contribution < -0.4 is 0 Å². The Hall–Kier alpha value is -1.12. The maximum absolute atomic E-state index is 9.12. The lowest BCUT2D eigenvalue weighted by molar-refractivity contribution is 0.460. The van der Waals surface area contributed by atoms with Crippen molar-refractivity contribution in [1.29, 1.82) is 0 Å². The van der Waals surface area contributed by atoms with Crippen LogP contribution in [0.1, 0.15) is 19.0 Å². The molecule has 0 unspecified atom stereocenters. The first-order chi connectivity index (χ1) is 4.84. The van der Waals surface area contributed by atoms with Crippen molar-refractivity contribution in [3.63, 3.8) is 0 Å². The molecule has 0 fully saturated rings. The maximum atomic E-state index is 9.12. The van der Waals surface area contributed by atoms with Gasteiger partial charge in [0.25, 0.3) is 0 Å². The second-order valence-electron chi connectivity index (χ2n) is 2.10. The number of aromatic nitrogens is 2. The normalized spacial score (nSPS) is 9.70. The second-order valence-corrected chi connectivity index (χ2v) is 2.10. The Balaban J connectivity index is 2.81. The van der Waals surface area contributed by atoms with E-state index >= 15 is 0 Å². The monoisotopic (exact) mass is 138 g/mol. The molecule has 0 atom stereocenters. The Morgan fingerprint density at radius 1 is 1.60 bits per heavy atom. The van der Waals surface area contributed by atoms with Crippen molar-refractivity contribution in [2.75, 3.05) is 0 Å². The Morgan fingerprint density at radius 2 is 2.40 bits per heavy atom. The Labute approximate surface area is 59.8 Å². The lowest BCUT2D eigenvalue weighted by Gasteiger charge is -1.97. The summed E-state index contributed by atoms with van der Waals surface area (Å²) in [7, 11) is 0. The molecule has 1 heterocycles. The van der Waals surface area contributed by atoms with E-state index < -0.39 is 0 Å². The largest absolute Gasteiger partial charge is 0.504 e. The van der Waals surface area contributed by atoms with Crippen molar-refractivity contribution in [3.05, 3.63) is 18.2 Å². The highest BCUT2D eigenvalue weighted by Crippen LogP contribution is 2.11. The van der Waals surface area contributed by atoms with Gasteiger partial charge in [0.1, 0.15) is 6.33 Å². The standard InChI is InChI=1S/C7H10N2O/c1-2-3-6-7(10)4-8-5-9-6/h4-5,10H,2-3H2,1H3. The second kappa shape index (κ2) is 3.15. The first-order valence-electron chi connectivity index (χ1n) is 3.32. The molecule has 0 aromatic carbocycles. The molecule has 10 heavy (non-hydrogen) atoms. The summed E-state index contributed by atoms with van der Waals surface area (Å²) in [6.07, 6.45) is 4.67. The Kier molecular flexibility index (Phi) is 2.20. The topological polar surface area (TPSA) is 46.0 Å². The van der Waals surface area contributed by atoms with Crippen LogP contribution >= 0.6 is 0 Å². The van der Waals surface area contributed by atoms with Gasteiger partial charge < -0.3 is 5.11 Å². The van der Waals surface area contributed by atoms with Gasteiger partial charge in [-0.3, -0.25) is 0 Å². The van der Waals surface area contributed by atoms with E-state index in [1.54, 1.807) is 0 Å². The molecule has 54 valence electrons. The fraction of sp³-hybridized carbons (Fsp3) is 0.429. The van der Waals surface area contributed by atoms with Gasteiger partial charge in [-0.05, 0) is 6.42 Å². The van der Waals surface area contributed by atoms with Gasteiger partial charge in [0.2, 0.25) is 0 Å². The minimum absolute atomic E-state index is 0.198. The van der Waals surface area contributed by atoms with Gasteiger partial charge in [0.05, 0.1) is 11.9 Å². The highest BCUT2D eigenvalue weighted by atomic mass is 16.3. The zero-order chi connectivity index (χ0) is 7.40. The minimum atomic E-state index is 0.198. The van der Waals surface area contributed by atoms with Gasteiger partial charge in [0, 0.05) is 0 Å². The van der Waals surface area contributed by atoms with E-state index in [0.29, 0.717) is 0 Å². The predicted octanol–water partition coefficient (Wildman–Crippen LogP) is 1.13. The highest BCUT2D eigenvalue weighted by molar-refractivity contribution is 5.20. The lowest BCUT2D eigenvalue weighted by atomic mass is 10.2. The smallest absolute Gasteiger partial charge is 0.155 e. The molecule has 1 aromatic heterocycles. The van der Waals surface area contributed by atoms with Crippen molar-refractivity contribution in [2.24, 2.45) is 0 Å². The van der Waals surface area contributed by atoms with Gasteiger partial charge in [-0.15, -0.1) is 0 Å². The molecule has 0 aliphatic carbocycles. The third-order valence-corrected chi connectivity index (χ3v) is 1.26. The van der Waals surface area contributed by atoms with Gasteiger partial charge in [0.15, 0.2) is 5.75 Å². The molecule has 0 saturated heterocycles. The number of hydrogen-bond donors (Lipinski definition) is 1. The average molecular weight is 138 g/mol. The van der Waals surface area contributed by atoms with Gasteiger partial charge in [-0.25, -0.2) is 9.97 Å². The summed E-state index contributed by atoms with van der Waals surface area (Å²) < 4.78 is 0. The van der Waals surface area contributed by atoms with E-state index in [2.05, 4.69) is 9.97 Å². The Morgan fingerprint density at radius 3 is 3.00 bits per heavy atom. The predicted molar refractivity (Wildman–Crippen MR) is 37.7 cm³/mol. The molecule has 3 nitrogen and oxygen atoms in total. The van der Waals surface area contributed by atoms with Crippen molar-refractivity contribution in [2.45, 2.75) is 19.8 Å². The average Bonchev–Trinajstić information content (AvgIpc) is 1.94. The molecule has 0 aliphatic rings.